The predicted octanol–water partition coefficient (Wildman–Crippen LogP) is 1.93. The average molecular weight is 289 g/mol. The predicted molar refractivity (Wildman–Crippen MR) is 76.3 cm³/mol. The normalized spacial score (nSPS) is 29.3. The molecule has 0 unspecified atom stereocenters. The van der Waals surface area contributed by atoms with E-state index in [1.165, 1.54) is 12.1 Å². The highest BCUT2D eigenvalue weighted by molar-refractivity contribution is 5.96. The van der Waals surface area contributed by atoms with E-state index >= 15 is 0 Å². The molecule has 1 amide bonds. The second-order valence-corrected chi connectivity index (χ2v) is 6.40. The molecule has 5 nitrogen and oxygen atoms in total. The van der Waals surface area contributed by atoms with Crippen molar-refractivity contribution in [3.63, 3.8) is 0 Å². The lowest BCUT2D eigenvalue weighted by molar-refractivity contribution is -0.108. The van der Waals surface area contributed by atoms with Crippen LogP contribution in [0.25, 0.3) is 0 Å². The molecule has 1 heterocycles. The van der Waals surface area contributed by atoms with Gasteiger partial charge in [-0.2, -0.15) is 0 Å². The average Bonchev–Trinajstić information content (AvgIpc) is 2.91. The van der Waals surface area contributed by atoms with E-state index in [2.05, 4.69) is 19.2 Å². The fraction of sp³-hybridized carbons (Fsp3) is 0.500. The van der Waals surface area contributed by atoms with Gasteiger partial charge >= 0.3 is 5.97 Å². The zero-order valence-corrected chi connectivity index (χ0v) is 12.1. The third-order valence-electron chi connectivity index (χ3n) is 4.78. The fourth-order valence-electron chi connectivity index (χ4n) is 3.61. The Kier molecular flexibility index (Phi) is 3.24. The SMILES string of the molecule is CC1(C)[C@H](NC(=O)c2ccc(C(=O)O)cc2)[C@H]2CCO[C@H]21. The van der Waals surface area contributed by atoms with E-state index in [9.17, 15) is 9.59 Å². The molecule has 1 aromatic rings. The first-order valence-electron chi connectivity index (χ1n) is 7.17. The van der Waals surface area contributed by atoms with Crippen molar-refractivity contribution in [3.05, 3.63) is 35.4 Å². The van der Waals surface area contributed by atoms with E-state index in [1.54, 1.807) is 12.1 Å². The number of hydrogen-bond acceptors (Lipinski definition) is 3. The fourth-order valence-corrected chi connectivity index (χ4v) is 3.61. The van der Waals surface area contributed by atoms with Gasteiger partial charge in [-0.15, -0.1) is 0 Å². The first kappa shape index (κ1) is 14.1. The summed E-state index contributed by atoms with van der Waals surface area (Å²) < 4.78 is 5.71. The minimum absolute atomic E-state index is 0.0577. The lowest BCUT2D eigenvalue weighted by atomic mass is 9.57. The van der Waals surface area contributed by atoms with Crippen molar-refractivity contribution in [3.8, 4) is 0 Å². The highest BCUT2D eigenvalue weighted by atomic mass is 16.5. The van der Waals surface area contributed by atoms with Gasteiger partial charge in [-0.1, -0.05) is 13.8 Å². The Bertz CT molecular complexity index is 578. The molecule has 1 aliphatic carbocycles. The third-order valence-corrected chi connectivity index (χ3v) is 4.78. The van der Waals surface area contributed by atoms with Gasteiger partial charge in [0.25, 0.3) is 5.91 Å². The van der Waals surface area contributed by atoms with Crippen molar-refractivity contribution < 1.29 is 19.4 Å². The number of amides is 1. The number of benzene rings is 1. The van der Waals surface area contributed by atoms with Crippen LogP contribution in [0, 0.1) is 11.3 Å². The van der Waals surface area contributed by atoms with Gasteiger partial charge in [0.2, 0.25) is 0 Å². The molecule has 112 valence electrons. The van der Waals surface area contributed by atoms with Crippen LogP contribution in [-0.2, 0) is 4.74 Å². The maximum absolute atomic E-state index is 12.3. The van der Waals surface area contributed by atoms with Gasteiger partial charge in [0.1, 0.15) is 0 Å². The van der Waals surface area contributed by atoms with Crippen LogP contribution in [0.15, 0.2) is 24.3 Å². The molecule has 21 heavy (non-hydrogen) atoms. The Balaban J connectivity index is 1.70. The summed E-state index contributed by atoms with van der Waals surface area (Å²) in [7, 11) is 0. The summed E-state index contributed by atoms with van der Waals surface area (Å²) in [6.07, 6.45) is 1.22. The van der Waals surface area contributed by atoms with Crippen LogP contribution < -0.4 is 5.32 Å². The van der Waals surface area contributed by atoms with Crippen molar-refractivity contribution in [1.29, 1.82) is 0 Å². The largest absolute Gasteiger partial charge is 0.478 e. The third kappa shape index (κ3) is 2.21. The van der Waals surface area contributed by atoms with Crippen LogP contribution in [0.5, 0.6) is 0 Å². The molecule has 0 spiro atoms. The summed E-state index contributed by atoms with van der Waals surface area (Å²) in [6.45, 7) is 4.98. The summed E-state index contributed by atoms with van der Waals surface area (Å²) in [5.74, 6) is -0.759. The first-order valence-corrected chi connectivity index (χ1v) is 7.17. The summed E-state index contributed by atoms with van der Waals surface area (Å²) >= 11 is 0. The van der Waals surface area contributed by atoms with Crippen LogP contribution in [0.3, 0.4) is 0 Å². The Morgan fingerprint density at radius 3 is 2.48 bits per heavy atom. The quantitative estimate of drug-likeness (QED) is 0.891. The van der Waals surface area contributed by atoms with E-state index in [-0.39, 0.29) is 29.0 Å². The molecule has 5 heteroatoms. The van der Waals surface area contributed by atoms with Crippen LogP contribution in [0.2, 0.25) is 0 Å². The van der Waals surface area contributed by atoms with Gasteiger partial charge in [-0.05, 0) is 30.7 Å². The summed E-state index contributed by atoms with van der Waals surface area (Å²) in [5, 5.41) is 11.9. The molecule has 1 aromatic carbocycles. The van der Waals surface area contributed by atoms with E-state index in [0.29, 0.717) is 11.5 Å². The number of carbonyl (C=O) groups excluding carboxylic acids is 1. The van der Waals surface area contributed by atoms with Crippen molar-refractivity contribution in [2.45, 2.75) is 32.4 Å². The molecule has 0 bridgehead atoms. The molecule has 0 radical (unpaired) electrons. The highest BCUT2D eigenvalue weighted by Gasteiger charge is 2.59. The highest BCUT2D eigenvalue weighted by Crippen LogP contribution is 2.52. The second kappa shape index (κ2) is 4.84. The number of nitrogens with one attached hydrogen (secondary N) is 1. The maximum atomic E-state index is 12.3. The molecule has 3 rings (SSSR count). The van der Waals surface area contributed by atoms with Crippen LogP contribution in [0.4, 0.5) is 0 Å². The number of fused-ring (bicyclic) bond motifs is 1. The Hall–Kier alpha value is -1.88. The van der Waals surface area contributed by atoms with Crippen molar-refractivity contribution in [2.75, 3.05) is 6.61 Å². The van der Waals surface area contributed by atoms with Gasteiger partial charge in [0, 0.05) is 29.5 Å². The Morgan fingerprint density at radius 2 is 1.86 bits per heavy atom. The molecule has 1 saturated heterocycles. The molecule has 1 aliphatic heterocycles. The smallest absolute Gasteiger partial charge is 0.335 e. The Morgan fingerprint density at radius 1 is 1.24 bits per heavy atom. The number of aromatic carboxylic acids is 1. The summed E-state index contributed by atoms with van der Waals surface area (Å²) in [4.78, 5) is 23.1. The molecular weight excluding hydrogens is 270 g/mol. The standard InChI is InChI=1S/C16H19NO4/c1-16(2)12(11-7-8-21-13(11)16)17-14(18)9-3-5-10(6-4-9)15(19)20/h3-6,11-13H,7-8H2,1-2H3,(H,17,18)(H,19,20)/t11-,12-,13-/m1/s1. The summed E-state index contributed by atoms with van der Waals surface area (Å²) in [5.41, 5.74) is 0.607. The molecule has 2 aliphatic rings. The van der Waals surface area contributed by atoms with Gasteiger partial charge in [-0.3, -0.25) is 4.79 Å². The maximum Gasteiger partial charge on any atom is 0.335 e. The zero-order valence-electron chi connectivity index (χ0n) is 12.1. The van der Waals surface area contributed by atoms with Gasteiger partial charge in [-0.25, -0.2) is 4.79 Å². The molecule has 2 N–H and O–H groups in total. The molecule has 1 saturated carbocycles. The van der Waals surface area contributed by atoms with E-state index in [0.717, 1.165) is 13.0 Å². The first-order chi connectivity index (χ1) is 9.91. The lowest BCUT2D eigenvalue weighted by Crippen LogP contribution is -2.66. The number of carboxylic acid groups (broad SMARTS) is 1. The number of carbonyl (C=O) groups is 2. The number of carboxylic acids is 1. The zero-order chi connectivity index (χ0) is 15.2. The van der Waals surface area contributed by atoms with Gasteiger partial charge in [0.15, 0.2) is 0 Å². The topological polar surface area (TPSA) is 75.6 Å². The molecule has 2 fully saturated rings. The van der Waals surface area contributed by atoms with E-state index in [1.807, 2.05) is 0 Å². The monoisotopic (exact) mass is 289 g/mol. The second-order valence-electron chi connectivity index (χ2n) is 6.40. The number of ether oxygens (including phenoxy) is 1. The molecular formula is C16H19NO4. The number of rotatable bonds is 3. The van der Waals surface area contributed by atoms with Crippen LogP contribution >= 0.6 is 0 Å². The van der Waals surface area contributed by atoms with Crippen molar-refractivity contribution in [1.82, 2.24) is 5.32 Å². The van der Waals surface area contributed by atoms with Crippen LogP contribution in [0.1, 0.15) is 41.0 Å². The number of hydrogen-bond donors (Lipinski definition) is 2. The van der Waals surface area contributed by atoms with Crippen molar-refractivity contribution >= 4 is 11.9 Å². The van der Waals surface area contributed by atoms with Gasteiger partial charge < -0.3 is 15.2 Å². The van der Waals surface area contributed by atoms with Crippen LogP contribution in [-0.4, -0.2) is 35.7 Å². The molecule has 0 aromatic heterocycles. The minimum Gasteiger partial charge on any atom is -0.478 e. The minimum atomic E-state index is -0.993. The van der Waals surface area contributed by atoms with E-state index in [4.69, 9.17) is 9.84 Å². The summed E-state index contributed by atoms with van der Waals surface area (Å²) in [6, 6.07) is 6.10. The Labute approximate surface area is 123 Å². The van der Waals surface area contributed by atoms with Crippen molar-refractivity contribution in [2.24, 2.45) is 11.3 Å². The lowest BCUT2D eigenvalue weighted by Gasteiger charge is -2.54. The van der Waals surface area contributed by atoms with Gasteiger partial charge in [0.05, 0.1) is 11.7 Å². The van der Waals surface area contributed by atoms with E-state index < -0.39 is 5.97 Å². The molecule has 3 atom stereocenters.